The molecular weight excluding hydrogens is 230 g/mol. The van der Waals surface area contributed by atoms with Crippen molar-refractivity contribution in [1.82, 2.24) is 4.98 Å². The molecule has 1 heterocycles. The van der Waals surface area contributed by atoms with E-state index in [0.717, 1.165) is 22.7 Å². The Kier molecular flexibility index (Phi) is 3.80. The SMILES string of the molecule is CC(C)Cc1ccc(-c2cccc(Cl)c2)nc1. The van der Waals surface area contributed by atoms with Crippen LogP contribution < -0.4 is 0 Å². The van der Waals surface area contributed by atoms with Gasteiger partial charge in [-0.15, -0.1) is 0 Å². The number of halogens is 1. The molecule has 0 amide bonds. The summed E-state index contributed by atoms with van der Waals surface area (Å²) in [7, 11) is 0. The Morgan fingerprint density at radius 1 is 1.18 bits per heavy atom. The Morgan fingerprint density at radius 2 is 2.00 bits per heavy atom. The molecule has 0 radical (unpaired) electrons. The maximum atomic E-state index is 5.97. The lowest BCUT2D eigenvalue weighted by atomic mass is 10.0. The fourth-order valence-corrected chi connectivity index (χ4v) is 2.03. The Morgan fingerprint density at radius 3 is 2.59 bits per heavy atom. The average Bonchev–Trinajstić information content (AvgIpc) is 2.29. The van der Waals surface area contributed by atoms with Crippen molar-refractivity contribution in [3.05, 3.63) is 53.2 Å². The molecule has 0 aliphatic carbocycles. The van der Waals surface area contributed by atoms with Crippen LogP contribution in [0.4, 0.5) is 0 Å². The van der Waals surface area contributed by atoms with Crippen molar-refractivity contribution < 1.29 is 0 Å². The molecule has 0 unspecified atom stereocenters. The van der Waals surface area contributed by atoms with Gasteiger partial charge in [-0.1, -0.05) is 43.6 Å². The first-order chi connectivity index (χ1) is 8.15. The molecule has 0 aliphatic heterocycles. The highest BCUT2D eigenvalue weighted by Gasteiger charge is 2.02. The van der Waals surface area contributed by atoms with Gasteiger partial charge in [-0.05, 0) is 36.1 Å². The van der Waals surface area contributed by atoms with E-state index in [1.165, 1.54) is 5.56 Å². The van der Waals surface area contributed by atoms with E-state index < -0.39 is 0 Å². The van der Waals surface area contributed by atoms with Gasteiger partial charge in [-0.2, -0.15) is 0 Å². The van der Waals surface area contributed by atoms with Gasteiger partial charge in [-0.3, -0.25) is 4.98 Å². The average molecular weight is 246 g/mol. The second kappa shape index (κ2) is 5.33. The van der Waals surface area contributed by atoms with E-state index in [1.54, 1.807) is 0 Å². The monoisotopic (exact) mass is 245 g/mol. The molecule has 0 N–H and O–H groups in total. The van der Waals surface area contributed by atoms with E-state index >= 15 is 0 Å². The van der Waals surface area contributed by atoms with Crippen LogP contribution in [0.1, 0.15) is 19.4 Å². The summed E-state index contributed by atoms with van der Waals surface area (Å²) in [5, 5.41) is 0.746. The van der Waals surface area contributed by atoms with Crippen LogP contribution in [0, 0.1) is 5.92 Å². The minimum Gasteiger partial charge on any atom is -0.256 e. The van der Waals surface area contributed by atoms with Crippen molar-refractivity contribution in [3.8, 4) is 11.3 Å². The highest BCUT2D eigenvalue weighted by Crippen LogP contribution is 2.21. The maximum absolute atomic E-state index is 5.97. The Balaban J connectivity index is 2.23. The number of nitrogens with zero attached hydrogens (tertiary/aromatic N) is 1. The van der Waals surface area contributed by atoms with Gasteiger partial charge in [0.25, 0.3) is 0 Å². The van der Waals surface area contributed by atoms with Crippen LogP contribution in [-0.2, 0) is 6.42 Å². The third kappa shape index (κ3) is 3.31. The molecule has 0 fully saturated rings. The summed E-state index contributed by atoms with van der Waals surface area (Å²) >= 11 is 5.97. The van der Waals surface area contributed by atoms with Gasteiger partial charge in [0.05, 0.1) is 5.69 Å². The number of pyridine rings is 1. The summed E-state index contributed by atoms with van der Waals surface area (Å²) in [5.41, 5.74) is 3.32. The lowest BCUT2D eigenvalue weighted by Gasteiger charge is -2.06. The van der Waals surface area contributed by atoms with Crippen molar-refractivity contribution in [1.29, 1.82) is 0 Å². The van der Waals surface area contributed by atoms with Crippen LogP contribution in [-0.4, -0.2) is 4.98 Å². The van der Waals surface area contributed by atoms with Gasteiger partial charge in [0.15, 0.2) is 0 Å². The quantitative estimate of drug-likeness (QED) is 0.770. The maximum Gasteiger partial charge on any atom is 0.0702 e. The number of benzene rings is 1. The molecule has 1 aromatic carbocycles. The van der Waals surface area contributed by atoms with Gasteiger partial charge in [0, 0.05) is 16.8 Å². The smallest absolute Gasteiger partial charge is 0.0702 e. The number of rotatable bonds is 3. The van der Waals surface area contributed by atoms with E-state index in [1.807, 2.05) is 30.5 Å². The Hall–Kier alpha value is -1.34. The molecule has 2 heteroatoms. The first kappa shape index (κ1) is 12.1. The second-order valence-corrected chi connectivity index (χ2v) is 5.10. The molecule has 0 spiro atoms. The fraction of sp³-hybridized carbons (Fsp3) is 0.267. The van der Waals surface area contributed by atoms with Crippen molar-refractivity contribution in [3.63, 3.8) is 0 Å². The number of aromatic nitrogens is 1. The second-order valence-electron chi connectivity index (χ2n) is 4.66. The van der Waals surface area contributed by atoms with Crippen LogP contribution in [0.3, 0.4) is 0 Å². The molecule has 0 bridgehead atoms. The van der Waals surface area contributed by atoms with E-state index in [2.05, 4.69) is 31.0 Å². The highest BCUT2D eigenvalue weighted by molar-refractivity contribution is 6.30. The minimum absolute atomic E-state index is 0.661. The van der Waals surface area contributed by atoms with Crippen LogP contribution in [0.2, 0.25) is 5.02 Å². The van der Waals surface area contributed by atoms with Gasteiger partial charge in [0.1, 0.15) is 0 Å². The number of hydrogen-bond donors (Lipinski definition) is 0. The largest absolute Gasteiger partial charge is 0.256 e. The molecule has 1 aromatic heterocycles. The van der Waals surface area contributed by atoms with E-state index in [4.69, 9.17) is 11.6 Å². The lowest BCUT2D eigenvalue weighted by Crippen LogP contribution is -1.95. The van der Waals surface area contributed by atoms with Gasteiger partial charge >= 0.3 is 0 Å². The summed E-state index contributed by atoms with van der Waals surface area (Å²) in [6.45, 7) is 4.43. The van der Waals surface area contributed by atoms with E-state index in [-0.39, 0.29) is 0 Å². The molecular formula is C15H16ClN. The molecule has 0 aliphatic rings. The van der Waals surface area contributed by atoms with Crippen LogP contribution >= 0.6 is 11.6 Å². The molecule has 1 nitrogen and oxygen atoms in total. The molecule has 88 valence electrons. The van der Waals surface area contributed by atoms with E-state index in [9.17, 15) is 0 Å². The van der Waals surface area contributed by atoms with Gasteiger partial charge in [-0.25, -0.2) is 0 Å². The molecule has 17 heavy (non-hydrogen) atoms. The zero-order valence-electron chi connectivity index (χ0n) is 10.2. The normalized spacial score (nSPS) is 10.8. The highest BCUT2D eigenvalue weighted by atomic mass is 35.5. The molecule has 0 saturated carbocycles. The Bertz CT molecular complexity index is 489. The topological polar surface area (TPSA) is 12.9 Å². The molecule has 2 rings (SSSR count). The standard InChI is InChI=1S/C15H16ClN/c1-11(2)8-12-6-7-15(17-10-12)13-4-3-5-14(16)9-13/h3-7,9-11H,8H2,1-2H3. The molecule has 0 saturated heterocycles. The van der Waals surface area contributed by atoms with Crippen molar-refractivity contribution in [2.24, 2.45) is 5.92 Å². The predicted octanol–water partition coefficient (Wildman–Crippen LogP) is 4.60. The molecule has 2 aromatic rings. The summed E-state index contributed by atoms with van der Waals surface area (Å²) in [6.07, 6.45) is 3.03. The van der Waals surface area contributed by atoms with Crippen molar-refractivity contribution in [2.75, 3.05) is 0 Å². The number of hydrogen-bond acceptors (Lipinski definition) is 1. The van der Waals surface area contributed by atoms with Crippen LogP contribution in [0.5, 0.6) is 0 Å². The van der Waals surface area contributed by atoms with Gasteiger partial charge < -0.3 is 0 Å². The lowest BCUT2D eigenvalue weighted by molar-refractivity contribution is 0.646. The minimum atomic E-state index is 0.661. The summed E-state index contributed by atoms with van der Waals surface area (Å²) in [6, 6.07) is 12.0. The fourth-order valence-electron chi connectivity index (χ4n) is 1.84. The first-order valence-corrected chi connectivity index (χ1v) is 6.24. The third-order valence-electron chi connectivity index (χ3n) is 2.59. The third-order valence-corrected chi connectivity index (χ3v) is 2.82. The first-order valence-electron chi connectivity index (χ1n) is 5.86. The summed E-state index contributed by atoms with van der Waals surface area (Å²) < 4.78 is 0. The Labute approximate surface area is 107 Å². The predicted molar refractivity (Wildman–Crippen MR) is 73.2 cm³/mol. The zero-order chi connectivity index (χ0) is 12.3. The summed E-state index contributed by atoms with van der Waals surface area (Å²) in [4.78, 5) is 4.48. The summed E-state index contributed by atoms with van der Waals surface area (Å²) in [5.74, 6) is 0.661. The van der Waals surface area contributed by atoms with Crippen LogP contribution in [0.15, 0.2) is 42.6 Å². The van der Waals surface area contributed by atoms with E-state index in [0.29, 0.717) is 5.92 Å². The van der Waals surface area contributed by atoms with Gasteiger partial charge in [0.2, 0.25) is 0 Å². The van der Waals surface area contributed by atoms with Crippen molar-refractivity contribution in [2.45, 2.75) is 20.3 Å². The van der Waals surface area contributed by atoms with Crippen LogP contribution in [0.25, 0.3) is 11.3 Å². The van der Waals surface area contributed by atoms with Crippen molar-refractivity contribution >= 4 is 11.6 Å². The zero-order valence-corrected chi connectivity index (χ0v) is 10.9. The molecule has 0 atom stereocenters.